The monoisotopic (exact) mass is 237 g/mol. The first-order valence-electron chi connectivity index (χ1n) is 5.44. The van der Waals surface area contributed by atoms with E-state index in [4.69, 9.17) is 4.74 Å². The molecule has 0 amide bonds. The Bertz CT molecular complexity index is 429. The van der Waals surface area contributed by atoms with E-state index in [0.29, 0.717) is 23.8 Å². The molecule has 0 unspecified atom stereocenters. The zero-order chi connectivity index (χ0) is 12.8. The van der Waals surface area contributed by atoms with Gasteiger partial charge in [0.2, 0.25) is 0 Å². The molecule has 0 aliphatic rings. The average Bonchev–Trinajstić information content (AvgIpc) is 2.34. The molecule has 0 aliphatic carbocycles. The minimum absolute atomic E-state index is 0.0430. The van der Waals surface area contributed by atoms with Crippen molar-refractivity contribution in [1.82, 2.24) is 0 Å². The van der Waals surface area contributed by atoms with Crippen LogP contribution in [0.5, 0.6) is 5.75 Å². The van der Waals surface area contributed by atoms with Crippen LogP contribution in [-0.4, -0.2) is 18.3 Å². The first-order chi connectivity index (χ1) is 8.13. The quantitative estimate of drug-likeness (QED) is 0.433. The van der Waals surface area contributed by atoms with Crippen LogP contribution in [-0.2, 0) is 6.42 Å². The van der Waals surface area contributed by atoms with Gasteiger partial charge in [-0.25, -0.2) is 0 Å². The van der Waals surface area contributed by atoms with E-state index in [-0.39, 0.29) is 11.4 Å². The van der Waals surface area contributed by atoms with Gasteiger partial charge in [-0.2, -0.15) is 0 Å². The Morgan fingerprint density at radius 3 is 2.65 bits per heavy atom. The van der Waals surface area contributed by atoms with Crippen molar-refractivity contribution in [3.8, 4) is 5.75 Å². The van der Waals surface area contributed by atoms with Crippen molar-refractivity contribution in [2.75, 3.05) is 7.11 Å². The summed E-state index contributed by atoms with van der Waals surface area (Å²) < 4.78 is 5.01. The number of unbranched alkanes of at least 4 members (excludes halogenated alkanes) is 1. The van der Waals surface area contributed by atoms with E-state index in [1.807, 2.05) is 6.92 Å². The molecule has 0 heterocycles. The molecule has 0 saturated carbocycles. The van der Waals surface area contributed by atoms with Gasteiger partial charge in [-0.15, -0.1) is 0 Å². The Hall–Kier alpha value is -1.91. The minimum atomic E-state index is -0.480. The van der Waals surface area contributed by atoms with Crippen LogP contribution in [0.4, 0.5) is 5.69 Å². The Morgan fingerprint density at radius 1 is 1.47 bits per heavy atom. The van der Waals surface area contributed by atoms with Gasteiger partial charge < -0.3 is 4.74 Å². The lowest BCUT2D eigenvalue weighted by Crippen LogP contribution is -2.00. The van der Waals surface area contributed by atoms with Crippen LogP contribution in [0.1, 0.15) is 35.7 Å². The lowest BCUT2D eigenvalue weighted by atomic mass is 10.0. The number of carbonyl (C=O) groups excluding carboxylic acids is 1. The Morgan fingerprint density at radius 2 is 2.18 bits per heavy atom. The van der Waals surface area contributed by atoms with Crippen molar-refractivity contribution in [2.45, 2.75) is 26.2 Å². The standard InChI is InChI=1S/C12H15NO4/c1-3-4-5-9-6-10(13(15)16)7-12(17-2)11(9)8-14/h6-8H,3-5H2,1-2H3. The highest BCUT2D eigenvalue weighted by Gasteiger charge is 2.16. The Balaban J connectivity index is 3.26. The number of aldehydes is 1. The van der Waals surface area contributed by atoms with Crippen LogP contribution in [0.25, 0.3) is 0 Å². The zero-order valence-electron chi connectivity index (χ0n) is 9.93. The summed E-state index contributed by atoms with van der Waals surface area (Å²) in [5.41, 5.74) is 1.04. The van der Waals surface area contributed by atoms with Gasteiger partial charge in [0, 0.05) is 6.07 Å². The maximum Gasteiger partial charge on any atom is 0.273 e. The van der Waals surface area contributed by atoms with Crippen LogP contribution < -0.4 is 4.74 Å². The number of rotatable bonds is 6. The van der Waals surface area contributed by atoms with Gasteiger partial charge in [-0.1, -0.05) is 13.3 Å². The number of aryl methyl sites for hydroxylation is 1. The molecule has 0 spiro atoms. The second-order valence-electron chi connectivity index (χ2n) is 3.70. The van der Waals surface area contributed by atoms with Crippen LogP contribution >= 0.6 is 0 Å². The number of methoxy groups -OCH3 is 1. The fourth-order valence-corrected chi connectivity index (χ4v) is 1.65. The summed E-state index contributed by atoms with van der Waals surface area (Å²) in [6.07, 6.45) is 3.17. The normalized spacial score (nSPS) is 10.0. The molecule has 5 nitrogen and oxygen atoms in total. The zero-order valence-corrected chi connectivity index (χ0v) is 9.93. The fourth-order valence-electron chi connectivity index (χ4n) is 1.65. The van der Waals surface area contributed by atoms with Crippen molar-refractivity contribution in [3.63, 3.8) is 0 Å². The van der Waals surface area contributed by atoms with E-state index < -0.39 is 4.92 Å². The SMILES string of the molecule is CCCCc1cc([N+](=O)[O-])cc(OC)c1C=O. The predicted octanol–water partition coefficient (Wildman–Crippen LogP) is 2.76. The fraction of sp³-hybridized carbons (Fsp3) is 0.417. The molecule has 0 fully saturated rings. The average molecular weight is 237 g/mol. The molecule has 0 saturated heterocycles. The predicted molar refractivity (Wildman–Crippen MR) is 63.6 cm³/mol. The van der Waals surface area contributed by atoms with E-state index in [0.717, 1.165) is 12.8 Å². The van der Waals surface area contributed by atoms with Crippen molar-refractivity contribution < 1.29 is 14.5 Å². The summed E-state index contributed by atoms with van der Waals surface area (Å²) in [5.74, 6) is 0.264. The van der Waals surface area contributed by atoms with Crippen LogP contribution in [0.15, 0.2) is 12.1 Å². The van der Waals surface area contributed by atoms with Gasteiger partial charge >= 0.3 is 0 Å². The minimum Gasteiger partial charge on any atom is -0.496 e. The number of nitrogens with zero attached hydrogens (tertiary/aromatic N) is 1. The number of ether oxygens (including phenoxy) is 1. The number of carbonyl (C=O) groups is 1. The molecule has 0 aromatic heterocycles. The van der Waals surface area contributed by atoms with Gasteiger partial charge in [-0.3, -0.25) is 14.9 Å². The Labute approximate surface area is 99.5 Å². The number of hydrogen-bond donors (Lipinski definition) is 0. The molecule has 0 radical (unpaired) electrons. The molecule has 0 aliphatic heterocycles. The molecule has 1 rings (SSSR count). The van der Waals surface area contributed by atoms with Gasteiger partial charge in [-0.05, 0) is 18.4 Å². The van der Waals surface area contributed by atoms with E-state index in [2.05, 4.69) is 0 Å². The topological polar surface area (TPSA) is 69.4 Å². The second kappa shape index (κ2) is 5.98. The molecule has 92 valence electrons. The van der Waals surface area contributed by atoms with Crippen LogP contribution in [0.3, 0.4) is 0 Å². The second-order valence-corrected chi connectivity index (χ2v) is 3.70. The van der Waals surface area contributed by atoms with E-state index in [9.17, 15) is 14.9 Å². The first-order valence-corrected chi connectivity index (χ1v) is 5.44. The third-order valence-corrected chi connectivity index (χ3v) is 2.56. The van der Waals surface area contributed by atoms with E-state index in [1.165, 1.54) is 19.2 Å². The number of nitro benzene ring substituents is 1. The molecule has 0 N–H and O–H groups in total. The summed E-state index contributed by atoms with van der Waals surface area (Å²) in [6, 6.07) is 2.72. The third-order valence-electron chi connectivity index (χ3n) is 2.56. The molecule has 0 bridgehead atoms. The molecular weight excluding hydrogens is 222 g/mol. The highest BCUT2D eigenvalue weighted by molar-refractivity contribution is 5.82. The summed E-state index contributed by atoms with van der Waals surface area (Å²) >= 11 is 0. The number of non-ortho nitro benzene ring substituents is 1. The number of benzene rings is 1. The largest absolute Gasteiger partial charge is 0.496 e. The van der Waals surface area contributed by atoms with Gasteiger partial charge in [0.05, 0.1) is 23.7 Å². The van der Waals surface area contributed by atoms with Crippen molar-refractivity contribution in [1.29, 1.82) is 0 Å². The summed E-state index contributed by atoms with van der Waals surface area (Å²) in [5, 5.41) is 10.8. The van der Waals surface area contributed by atoms with Crippen molar-refractivity contribution in [3.05, 3.63) is 33.4 Å². The van der Waals surface area contributed by atoms with Gasteiger partial charge in [0.25, 0.3) is 5.69 Å². The van der Waals surface area contributed by atoms with Crippen molar-refractivity contribution >= 4 is 12.0 Å². The maximum atomic E-state index is 11.0. The molecular formula is C12H15NO4. The summed E-state index contributed by atoms with van der Waals surface area (Å²) in [7, 11) is 1.40. The lowest BCUT2D eigenvalue weighted by molar-refractivity contribution is -0.385. The van der Waals surface area contributed by atoms with E-state index in [1.54, 1.807) is 0 Å². The lowest BCUT2D eigenvalue weighted by Gasteiger charge is -2.09. The summed E-state index contributed by atoms with van der Waals surface area (Å²) in [6.45, 7) is 2.02. The number of nitro groups is 1. The molecule has 5 heteroatoms. The molecule has 0 atom stereocenters. The summed E-state index contributed by atoms with van der Waals surface area (Å²) in [4.78, 5) is 21.3. The van der Waals surface area contributed by atoms with Gasteiger partial charge in [0.1, 0.15) is 5.75 Å². The number of hydrogen-bond acceptors (Lipinski definition) is 4. The highest BCUT2D eigenvalue weighted by atomic mass is 16.6. The Kier molecular flexibility index (Phi) is 4.63. The third kappa shape index (κ3) is 3.03. The molecule has 1 aromatic carbocycles. The highest BCUT2D eigenvalue weighted by Crippen LogP contribution is 2.28. The van der Waals surface area contributed by atoms with Crippen molar-refractivity contribution in [2.24, 2.45) is 0 Å². The van der Waals surface area contributed by atoms with Crippen LogP contribution in [0.2, 0.25) is 0 Å². The maximum absolute atomic E-state index is 11.0. The van der Waals surface area contributed by atoms with Gasteiger partial charge in [0.15, 0.2) is 6.29 Å². The molecule has 17 heavy (non-hydrogen) atoms. The van der Waals surface area contributed by atoms with E-state index >= 15 is 0 Å². The first kappa shape index (κ1) is 13.2. The smallest absolute Gasteiger partial charge is 0.273 e. The molecule has 1 aromatic rings. The van der Waals surface area contributed by atoms with Crippen LogP contribution in [0, 0.1) is 10.1 Å².